The number of hydrogen-bond donors (Lipinski definition) is 1. The monoisotopic (exact) mass is 284 g/mol. The Balaban J connectivity index is 2.72. The molecule has 0 saturated carbocycles. The van der Waals surface area contributed by atoms with E-state index >= 15 is 0 Å². The lowest BCUT2D eigenvalue weighted by molar-refractivity contribution is -0.144. The van der Waals surface area contributed by atoms with Crippen LogP contribution >= 0.6 is 0 Å². The third-order valence-corrected chi connectivity index (χ3v) is 2.94. The highest BCUT2D eigenvalue weighted by molar-refractivity contribution is 6.00. The van der Waals surface area contributed by atoms with Crippen molar-refractivity contribution in [2.45, 2.75) is 59.1 Å². The Labute approximate surface area is 119 Å². The second kappa shape index (κ2) is 6.24. The maximum Gasteiger partial charge on any atom is 0.408 e. The summed E-state index contributed by atoms with van der Waals surface area (Å²) in [6.45, 7) is 9.33. The average molecular weight is 284 g/mol. The lowest BCUT2D eigenvalue weighted by Gasteiger charge is -2.27. The number of rotatable bonds is 3. The molecule has 0 bridgehead atoms. The summed E-state index contributed by atoms with van der Waals surface area (Å²) in [7, 11) is 0. The van der Waals surface area contributed by atoms with Crippen LogP contribution in [0.5, 0.6) is 0 Å². The van der Waals surface area contributed by atoms with Gasteiger partial charge in [-0.1, -0.05) is 13.8 Å². The first kappa shape index (κ1) is 16.5. The number of nitrogens with zero attached hydrogens (tertiary/aromatic N) is 1. The van der Waals surface area contributed by atoms with E-state index in [2.05, 4.69) is 5.32 Å². The summed E-state index contributed by atoms with van der Waals surface area (Å²) in [5.74, 6) is -0.650. The van der Waals surface area contributed by atoms with Gasteiger partial charge in [-0.3, -0.25) is 14.5 Å². The molecule has 1 N–H and O–H groups in total. The minimum Gasteiger partial charge on any atom is -0.444 e. The molecule has 6 nitrogen and oxygen atoms in total. The van der Waals surface area contributed by atoms with E-state index in [1.54, 1.807) is 20.8 Å². The molecule has 0 radical (unpaired) electrons. The van der Waals surface area contributed by atoms with Crippen molar-refractivity contribution in [3.05, 3.63) is 0 Å². The van der Waals surface area contributed by atoms with Crippen molar-refractivity contribution in [3.63, 3.8) is 0 Å². The van der Waals surface area contributed by atoms with Crippen LogP contribution in [-0.2, 0) is 14.3 Å². The largest absolute Gasteiger partial charge is 0.444 e. The van der Waals surface area contributed by atoms with Gasteiger partial charge in [0, 0.05) is 13.0 Å². The highest BCUT2D eigenvalue weighted by atomic mass is 16.6. The fourth-order valence-electron chi connectivity index (χ4n) is 2.00. The second-order valence-corrected chi connectivity index (χ2v) is 6.36. The molecule has 0 aliphatic carbocycles. The molecule has 3 amide bonds. The van der Waals surface area contributed by atoms with Gasteiger partial charge in [-0.05, 0) is 33.1 Å². The first-order valence-electron chi connectivity index (χ1n) is 6.95. The molecule has 1 rings (SSSR count). The van der Waals surface area contributed by atoms with Crippen LogP contribution in [0.25, 0.3) is 0 Å². The molecule has 0 aromatic carbocycles. The lowest BCUT2D eigenvalue weighted by atomic mass is 10.0. The minimum absolute atomic E-state index is 0.122. The Bertz CT molecular complexity index is 398. The van der Waals surface area contributed by atoms with E-state index in [0.717, 1.165) is 0 Å². The van der Waals surface area contributed by atoms with Crippen molar-refractivity contribution >= 4 is 17.9 Å². The predicted octanol–water partition coefficient (Wildman–Crippen LogP) is 1.68. The Morgan fingerprint density at radius 1 is 1.30 bits per heavy atom. The van der Waals surface area contributed by atoms with E-state index in [4.69, 9.17) is 4.74 Å². The molecule has 6 heteroatoms. The number of carbonyl (C=O) groups is 3. The molecule has 114 valence electrons. The van der Waals surface area contributed by atoms with Gasteiger partial charge in [0.1, 0.15) is 11.6 Å². The van der Waals surface area contributed by atoms with Crippen LogP contribution < -0.4 is 5.32 Å². The standard InChI is InChI=1S/C14H24N2O4/c1-9(2)11(15-13(19)20-14(3,4)5)12(18)16-8-6-7-10(16)17/h9,11H,6-8H2,1-5H3,(H,15,19)/t11-/m0/s1. The van der Waals surface area contributed by atoms with E-state index in [0.29, 0.717) is 19.4 Å². The van der Waals surface area contributed by atoms with Crippen molar-refractivity contribution in [2.75, 3.05) is 6.54 Å². The molecule has 1 atom stereocenters. The van der Waals surface area contributed by atoms with Gasteiger partial charge in [-0.15, -0.1) is 0 Å². The van der Waals surface area contributed by atoms with E-state index < -0.39 is 17.7 Å². The van der Waals surface area contributed by atoms with Crippen LogP contribution in [0.3, 0.4) is 0 Å². The van der Waals surface area contributed by atoms with Crippen molar-refractivity contribution in [1.82, 2.24) is 10.2 Å². The lowest BCUT2D eigenvalue weighted by Crippen LogP contribution is -2.52. The average Bonchev–Trinajstić information content (AvgIpc) is 2.68. The highest BCUT2D eigenvalue weighted by Crippen LogP contribution is 2.15. The van der Waals surface area contributed by atoms with E-state index in [1.165, 1.54) is 4.90 Å². The van der Waals surface area contributed by atoms with Crippen molar-refractivity contribution < 1.29 is 19.1 Å². The first-order chi connectivity index (χ1) is 9.11. The zero-order valence-electron chi connectivity index (χ0n) is 12.9. The zero-order chi connectivity index (χ0) is 15.5. The van der Waals surface area contributed by atoms with Gasteiger partial charge in [-0.25, -0.2) is 4.79 Å². The maximum atomic E-state index is 12.3. The van der Waals surface area contributed by atoms with Crippen LogP contribution in [-0.4, -0.2) is 41.0 Å². The molecular weight excluding hydrogens is 260 g/mol. The number of alkyl carbamates (subject to hydrolysis) is 1. The van der Waals surface area contributed by atoms with Gasteiger partial charge in [0.25, 0.3) is 5.91 Å². The van der Waals surface area contributed by atoms with Crippen molar-refractivity contribution in [1.29, 1.82) is 0 Å². The Morgan fingerprint density at radius 2 is 1.90 bits per heavy atom. The molecule has 1 heterocycles. The molecule has 1 aliphatic rings. The summed E-state index contributed by atoms with van der Waals surface area (Å²) >= 11 is 0. The van der Waals surface area contributed by atoms with Crippen LogP contribution in [0, 0.1) is 5.92 Å². The summed E-state index contributed by atoms with van der Waals surface area (Å²) in [4.78, 5) is 37.0. The Kier molecular flexibility index (Phi) is 5.14. The molecule has 1 saturated heterocycles. The molecule has 0 aromatic rings. The smallest absolute Gasteiger partial charge is 0.408 e. The quantitative estimate of drug-likeness (QED) is 0.855. The fraction of sp³-hybridized carbons (Fsp3) is 0.786. The topological polar surface area (TPSA) is 75.7 Å². The SMILES string of the molecule is CC(C)[C@H](NC(=O)OC(C)(C)C)C(=O)N1CCCC1=O. The Hall–Kier alpha value is -1.59. The van der Waals surface area contributed by atoms with Gasteiger partial charge in [0.05, 0.1) is 0 Å². The van der Waals surface area contributed by atoms with Crippen LogP contribution in [0.4, 0.5) is 4.79 Å². The molecule has 0 spiro atoms. The number of likely N-dealkylation sites (tertiary alicyclic amines) is 1. The van der Waals surface area contributed by atoms with Crippen LogP contribution in [0.2, 0.25) is 0 Å². The van der Waals surface area contributed by atoms with Crippen molar-refractivity contribution in [3.8, 4) is 0 Å². The zero-order valence-corrected chi connectivity index (χ0v) is 12.9. The number of nitrogens with one attached hydrogen (secondary N) is 1. The second-order valence-electron chi connectivity index (χ2n) is 6.36. The summed E-state index contributed by atoms with van der Waals surface area (Å²) < 4.78 is 5.15. The Morgan fingerprint density at radius 3 is 2.30 bits per heavy atom. The van der Waals surface area contributed by atoms with Gasteiger partial charge in [0.2, 0.25) is 5.91 Å². The number of ether oxygens (including phenoxy) is 1. The number of carbonyl (C=O) groups excluding carboxylic acids is 3. The highest BCUT2D eigenvalue weighted by Gasteiger charge is 2.35. The van der Waals surface area contributed by atoms with Gasteiger partial charge < -0.3 is 10.1 Å². The molecule has 20 heavy (non-hydrogen) atoms. The number of imide groups is 1. The summed E-state index contributed by atoms with van der Waals surface area (Å²) in [6, 6.07) is -0.744. The van der Waals surface area contributed by atoms with Gasteiger partial charge in [0.15, 0.2) is 0 Å². The predicted molar refractivity (Wildman–Crippen MR) is 73.9 cm³/mol. The number of amides is 3. The summed E-state index contributed by atoms with van der Waals surface area (Å²) in [5.41, 5.74) is -0.627. The molecule has 0 aromatic heterocycles. The van der Waals surface area contributed by atoms with E-state index in [9.17, 15) is 14.4 Å². The third-order valence-electron chi connectivity index (χ3n) is 2.94. The number of hydrogen-bond acceptors (Lipinski definition) is 4. The summed E-state index contributed by atoms with van der Waals surface area (Å²) in [5, 5.41) is 2.57. The van der Waals surface area contributed by atoms with E-state index in [1.807, 2.05) is 13.8 Å². The molecular formula is C14H24N2O4. The van der Waals surface area contributed by atoms with E-state index in [-0.39, 0.29) is 17.7 Å². The molecule has 1 fully saturated rings. The maximum absolute atomic E-state index is 12.3. The fourth-order valence-corrected chi connectivity index (χ4v) is 2.00. The first-order valence-corrected chi connectivity index (χ1v) is 6.95. The van der Waals surface area contributed by atoms with Crippen LogP contribution in [0.1, 0.15) is 47.5 Å². The van der Waals surface area contributed by atoms with Crippen molar-refractivity contribution in [2.24, 2.45) is 5.92 Å². The summed E-state index contributed by atoms with van der Waals surface area (Å²) in [6.07, 6.45) is 0.432. The normalized spacial score (nSPS) is 17.3. The minimum atomic E-state index is -0.744. The van der Waals surface area contributed by atoms with Crippen LogP contribution in [0.15, 0.2) is 0 Å². The van der Waals surface area contributed by atoms with Gasteiger partial charge in [-0.2, -0.15) is 0 Å². The third kappa shape index (κ3) is 4.51. The molecule has 0 unspecified atom stereocenters. The molecule has 1 aliphatic heterocycles. The van der Waals surface area contributed by atoms with Gasteiger partial charge >= 0.3 is 6.09 Å².